The Balaban J connectivity index is 1.57. The van der Waals surface area contributed by atoms with Crippen molar-refractivity contribution in [2.45, 2.75) is 26.3 Å². The number of nitrogens with one attached hydrogen (secondary N) is 1. The molecule has 144 valence electrons. The molecule has 6 nitrogen and oxygen atoms in total. The lowest BCUT2D eigenvalue weighted by Crippen LogP contribution is -2.37. The predicted octanol–water partition coefficient (Wildman–Crippen LogP) is 3.03. The lowest BCUT2D eigenvalue weighted by Gasteiger charge is -2.29. The van der Waals surface area contributed by atoms with Gasteiger partial charge in [0.1, 0.15) is 11.6 Å². The Kier molecular flexibility index (Phi) is 7.04. The van der Waals surface area contributed by atoms with Gasteiger partial charge in [-0.3, -0.25) is 4.79 Å². The van der Waals surface area contributed by atoms with E-state index in [-0.39, 0.29) is 5.91 Å². The van der Waals surface area contributed by atoms with Crippen molar-refractivity contribution in [2.24, 2.45) is 0 Å². The zero-order valence-corrected chi connectivity index (χ0v) is 15.8. The summed E-state index contributed by atoms with van der Waals surface area (Å²) in [7, 11) is 0. The van der Waals surface area contributed by atoms with E-state index in [1.165, 1.54) is 0 Å². The first-order valence-electron chi connectivity index (χ1n) is 9.55. The Labute approximate surface area is 160 Å². The molecule has 0 atom stereocenters. The number of aromatic nitrogens is 1. The molecule has 0 bridgehead atoms. The van der Waals surface area contributed by atoms with Crippen molar-refractivity contribution in [1.29, 1.82) is 0 Å². The molecule has 6 heteroatoms. The molecule has 27 heavy (non-hydrogen) atoms. The van der Waals surface area contributed by atoms with E-state index in [9.17, 15) is 4.79 Å². The summed E-state index contributed by atoms with van der Waals surface area (Å²) in [6, 6.07) is 11.2. The van der Waals surface area contributed by atoms with Crippen LogP contribution < -0.4 is 15.0 Å². The van der Waals surface area contributed by atoms with Crippen LogP contribution in [0.1, 0.15) is 35.7 Å². The van der Waals surface area contributed by atoms with Crippen LogP contribution in [0.2, 0.25) is 0 Å². The van der Waals surface area contributed by atoms with E-state index >= 15 is 0 Å². The highest BCUT2D eigenvalue weighted by atomic mass is 16.5. The van der Waals surface area contributed by atoms with E-state index < -0.39 is 0 Å². The molecule has 1 aromatic heterocycles. The van der Waals surface area contributed by atoms with E-state index in [2.05, 4.69) is 22.1 Å². The molecule has 2 heterocycles. The van der Waals surface area contributed by atoms with Gasteiger partial charge < -0.3 is 19.7 Å². The Morgan fingerprint density at radius 1 is 1.22 bits per heavy atom. The minimum Gasteiger partial charge on any atom is -0.494 e. The molecular weight excluding hydrogens is 342 g/mol. The standard InChI is InChI=1S/C21H27N3O3/c1-2-3-13-27-19-8-6-17(7-9-19)21(25)23-16-18-5-4-10-22-20(18)24-11-14-26-15-12-24/h4-10H,2-3,11-16H2,1H3,(H,23,25). The molecule has 0 spiro atoms. The summed E-state index contributed by atoms with van der Waals surface area (Å²) in [4.78, 5) is 19.2. The summed E-state index contributed by atoms with van der Waals surface area (Å²) in [6.45, 7) is 6.31. The number of pyridine rings is 1. The maximum Gasteiger partial charge on any atom is 0.251 e. The number of hydrogen-bond donors (Lipinski definition) is 1. The molecule has 0 aliphatic carbocycles. The van der Waals surface area contributed by atoms with Crippen molar-refractivity contribution in [3.63, 3.8) is 0 Å². The maximum atomic E-state index is 12.5. The second-order valence-electron chi connectivity index (χ2n) is 6.49. The number of nitrogens with zero attached hydrogens (tertiary/aromatic N) is 2. The highest BCUT2D eigenvalue weighted by Crippen LogP contribution is 2.19. The number of amides is 1. The monoisotopic (exact) mass is 369 g/mol. The van der Waals surface area contributed by atoms with E-state index in [4.69, 9.17) is 9.47 Å². The molecule has 1 N–H and O–H groups in total. The zero-order chi connectivity index (χ0) is 18.9. The fourth-order valence-electron chi connectivity index (χ4n) is 2.94. The van der Waals surface area contributed by atoms with Crippen molar-refractivity contribution in [1.82, 2.24) is 10.3 Å². The number of ether oxygens (including phenoxy) is 2. The van der Waals surface area contributed by atoms with Gasteiger partial charge in [0, 0.05) is 37.0 Å². The predicted molar refractivity (Wildman–Crippen MR) is 105 cm³/mol. The Morgan fingerprint density at radius 3 is 2.74 bits per heavy atom. The third kappa shape index (κ3) is 5.44. The minimum atomic E-state index is -0.105. The van der Waals surface area contributed by atoms with Gasteiger partial charge in [-0.15, -0.1) is 0 Å². The van der Waals surface area contributed by atoms with Crippen molar-refractivity contribution >= 4 is 11.7 Å². The van der Waals surface area contributed by atoms with Crippen molar-refractivity contribution in [3.8, 4) is 5.75 Å². The van der Waals surface area contributed by atoms with E-state index in [1.807, 2.05) is 24.3 Å². The van der Waals surface area contributed by atoms with Crippen LogP contribution in [0.15, 0.2) is 42.6 Å². The Hall–Kier alpha value is -2.60. The van der Waals surface area contributed by atoms with Crippen molar-refractivity contribution in [2.75, 3.05) is 37.8 Å². The van der Waals surface area contributed by atoms with Gasteiger partial charge in [-0.25, -0.2) is 4.98 Å². The second kappa shape index (κ2) is 9.92. The van der Waals surface area contributed by atoms with E-state index in [0.29, 0.717) is 31.9 Å². The highest BCUT2D eigenvalue weighted by Gasteiger charge is 2.16. The number of carbonyl (C=O) groups excluding carboxylic acids is 1. The van der Waals surface area contributed by atoms with Crippen LogP contribution in [0.25, 0.3) is 0 Å². The van der Waals surface area contributed by atoms with Crippen molar-refractivity contribution < 1.29 is 14.3 Å². The summed E-state index contributed by atoms with van der Waals surface area (Å²) in [5, 5.41) is 2.99. The smallest absolute Gasteiger partial charge is 0.251 e. The molecule has 1 aliphatic rings. The average Bonchev–Trinajstić information content (AvgIpc) is 2.73. The lowest BCUT2D eigenvalue weighted by molar-refractivity contribution is 0.0950. The van der Waals surface area contributed by atoms with E-state index in [1.54, 1.807) is 18.3 Å². The number of unbranched alkanes of at least 4 members (excludes halogenated alkanes) is 1. The summed E-state index contributed by atoms with van der Waals surface area (Å²) in [6.07, 6.45) is 3.91. The number of rotatable bonds is 8. The summed E-state index contributed by atoms with van der Waals surface area (Å²) < 4.78 is 11.0. The van der Waals surface area contributed by atoms with Gasteiger partial charge in [0.15, 0.2) is 0 Å². The number of morpholine rings is 1. The third-order valence-corrected chi connectivity index (χ3v) is 4.50. The molecule has 0 radical (unpaired) electrons. The van der Waals surface area contributed by atoms with Gasteiger partial charge in [0.2, 0.25) is 0 Å². The van der Waals surface area contributed by atoms with Crippen LogP contribution in [0.3, 0.4) is 0 Å². The van der Waals surface area contributed by atoms with Gasteiger partial charge in [-0.1, -0.05) is 19.4 Å². The molecule has 1 fully saturated rings. The maximum absolute atomic E-state index is 12.5. The first kappa shape index (κ1) is 19.2. The van der Waals surface area contributed by atoms with Crippen LogP contribution in [0.5, 0.6) is 5.75 Å². The second-order valence-corrected chi connectivity index (χ2v) is 6.49. The topological polar surface area (TPSA) is 63.7 Å². The quantitative estimate of drug-likeness (QED) is 0.725. The first-order valence-corrected chi connectivity index (χ1v) is 9.55. The number of anilines is 1. The number of carbonyl (C=O) groups is 1. The van der Waals surface area contributed by atoms with Gasteiger partial charge in [0.05, 0.1) is 19.8 Å². The average molecular weight is 369 g/mol. The van der Waals surface area contributed by atoms with Gasteiger partial charge in [-0.05, 0) is 36.8 Å². The van der Waals surface area contributed by atoms with Gasteiger partial charge in [-0.2, -0.15) is 0 Å². The highest BCUT2D eigenvalue weighted by molar-refractivity contribution is 5.94. The molecule has 2 aromatic rings. The van der Waals surface area contributed by atoms with Crippen LogP contribution >= 0.6 is 0 Å². The first-order chi connectivity index (χ1) is 13.3. The third-order valence-electron chi connectivity index (χ3n) is 4.50. The lowest BCUT2D eigenvalue weighted by atomic mass is 10.2. The number of hydrogen-bond acceptors (Lipinski definition) is 5. The zero-order valence-electron chi connectivity index (χ0n) is 15.8. The summed E-state index contributed by atoms with van der Waals surface area (Å²) >= 11 is 0. The minimum absolute atomic E-state index is 0.105. The SMILES string of the molecule is CCCCOc1ccc(C(=O)NCc2cccnc2N2CCOCC2)cc1. The van der Waals surface area contributed by atoms with E-state index in [0.717, 1.165) is 43.1 Å². The van der Waals surface area contributed by atoms with Gasteiger partial charge >= 0.3 is 0 Å². The molecular formula is C21H27N3O3. The van der Waals surface area contributed by atoms with Crippen LogP contribution in [-0.2, 0) is 11.3 Å². The molecule has 3 rings (SSSR count). The molecule has 0 unspecified atom stereocenters. The van der Waals surface area contributed by atoms with Crippen LogP contribution in [-0.4, -0.2) is 43.8 Å². The molecule has 1 saturated heterocycles. The van der Waals surface area contributed by atoms with Crippen LogP contribution in [0, 0.1) is 0 Å². The molecule has 1 aromatic carbocycles. The fourth-order valence-corrected chi connectivity index (χ4v) is 2.94. The summed E-state index contributed by atoms with van der Waals surface area (Å²) in [5.41, 5.74) is 1.63. The van der Waals surface area contributed by atoms with Gasteiger partial charge in [0.25, 0.3) is 5.91 Å². The Morgan fingerprint density at radius 2 is 2.00 bits per heavy atom. The molecule has 1 aliphatic heterocycles. The number of benzene rings is 1. The largest absolute Gasteiger partial charge is 0.494 e. The summed E-state index contributed by atoms with van der Waals surface area (Å²) in [5.74, 6) is 1.61. The molecule has 1 amide bonds. The molecule has 0 saturated carbocycles. The van der Waals surface area contributed by atoms with Crippen molar-refractivity contribution in [3.05, 3.63) is 53.7 Å². The fraction of sp³-hybridized carbons (Fsp3) is 0.429. The normalized spacial score (nSPS) is 14.0. The Bertz CT molecular complexity index is 728. The van der Waals surface area contributed by atoms with Crippen LogP contribution in [0.4, 0.5) is 5.82 Å².